The van der Waals surface area contributed by atoms with Gasteiger partial charge in [0.1, 0.15) is 5.82 Å². The van der Waals surface area contributed by atoms with Crippen molar-refractivity contribution in [1.82, 2.24) is 14.5 Å². The maximum Gasteiger partial charge on any atom is 0.161 e. The van der Waals surface area contributed by atoms with Gasteiger partial charge in [-0.05, 0) is 32.9 Å². The molecule has 16 heavy (non-hydrogen) atoms. The number of aromatic nitrogens is 3. The van der Waals surface area contributed by atoms with E-state index in [4.69, 9.17) is 0 Å². The SMILES string of the molecule is Cc1nccn1-c1ncccc1NC(C)C. The number of pyridine rings is 1. The smallest absolute Gasteiger partial charge is 0.161 e. The molecule has 1 N–H and O–H groups in total. The van der Waals surface area contributed by atoms with E-state index < -0.39 is 0 Å². The third-order valence-corrected chi connectivity index (χ3v) is 2.28. The van der Waals surface area contributed by atoms with Gasteiger partial charge in [0.15, 0.2) is 5.82 Å². The molecule has 0 fully saturated rings. The summed E-state index contributed by atoms with van der Waals surface area (Å²) in [5.41, 5.74) is 1.03. The summed E-state index contributed by atoms with van der Waals surface area (Å²) in [5, 5.41) is 3.38. The van der Waals surface area contributed by atoms with Crippen molar-refractivity contribution in [2.24, 2.45) is 0 Å². The van der Waals surface area contributed by atoms with Crippen molar-refractivity contribution in [2.45, 2.75) is 26.8 Å². The van der Waals surface area contributed by atoms with Gasteiger partial charge in [-0.2, -0.15) is 0 Å². The Balaban J connectivity index is 2.44. The number of anilines is 1. The van der Waals surface area contributed by atoms with Gasteiger partial charge in [0.05, 0.1) is 5.69 Å². The molecule has 2 rings (SSSR count). The van der Waals surface area contributed by atoms with Gasteiger partial charge < -0.3 is 5.32 Å². The van der Waals surface area contributed by atoms with Gasteiger partial charge in [-0.1, -0.05) is 0 Å². The highest BCUT2D eigenvalue weighted by atomic mass is 15.1. The third-order valence-electron chi connectivity index (χ3n) is 2.28. The Morgan fingerprint density at radius 1 is 1.25 bits per heavy atom. The van der Waals surface area contributed by atoms with Crippen LogP contribution in [0.5, 0.6) is 0 Å². The van der Waals surface area contributed by atoms with E-state index in [9.17, 15) is 0 Å². The van der Waals surface area contributed by atoms with Crippen LogP contribution in [0.15, 0.2) is 30.7 Å². The number of aryl methyl sites for hydroxylation is 1. The van der Waals surface area contributed by atoms with Gasteiger partial charge in [-0.25, -0.2) is 9.97 Å². The molecule has 0 spiro atoms. The molecule has 2 aromatic heterocycles. The van der Waals surface area contributed by atoms with Crippen molar-refractivity contribution >= 4 is 5.69 Å². The molecule has 0 radical (unpaired) electrons. The molecule has 84 valence electrons. The fourth-order valence-corrected chi connectivity index (χ4v) is 1.61. The highest BCUT2D eigenvalue weighted by Gasteiger charge is 2.08. The number of nitrogens with one attached hydrogen (secondary N) is 1. The maximum absolute atomic E-state index is 4.40. The van der Waals surface area contributed by atoms with E-state index in [0.29, 0.717) is 6.04 Å². The molecule has 0 aliphatic carbocycles. The first-order valence-corrected chi connectivity index (χ1v) is 5.40. The van der Waals surface area contributed by atoms with E-state index in [0.717, 1.165) is 17.3 Å². The predicted octanol–water partition coefficient (Wildman–Crippen LogP) is 2.40. The quantitative estimate of drug-likeness (QED) is 0.856. The molecule has 0 aliphatic rings. The van der Waals surface area contributed by atoms with Crippen LogP contribution >= 0.6 is 0 Å². The van der Waals surface area contributed by atoms with Crippen LogP contribution in [0.1, 0.15) is 19.7 Å². The number of hydrogen-bond acceptors (Lipinski definition) is 3. The molecular weight excluding hydrogens is 200 g/mol. The zero-order valence-electron chi connectivity index (χ0n) is 9.81. The van der Waals surface area contributed by atoms with Crippen LogP contribution < -0.4 is 5.32 Å². The summed E-state index contributed by atoms with van der Waals surface area (Å²) in [5.74, 6) is 1.83. The molecule has 0 aliphatic heterocycles. The average molecular weight is 216 g/mol. The Kier molecular flexibility index (Phi) is 2.90. The Labute approximate surface area is 95.4 Å². The normalized spacial score (nSPS) is 10.8. The Morgan fingerprint density at radius 2 is 2.06 bits per heavy atom. The topological polar surface area (TPSA) is 42.7 Å². The molecule has 4 heteroatoms. The largest absolute Gasteiger partial charge is 0.380 e. The molecule has 4 nitrogen and oxygen atoms in total. The van der Waals surface area contributed by atoms with Crippen LogP contribution in [0.2, 0.25) is 0 Å². The van der Waals surface area contributed by atoms with Crippen molar-refractivity contribution in [3.8, 4) is 5.82 Å². The summed E-state index contributed by atoms with van der Waals surface area (Å²) in [6.45, 7) is 6.18. The first-order chi connectivity index (χ1) is 7.68. The monoisotopic (exact) mass is 216 g/mol. The second-order valence-electron chi connectivity index (χ2n) is 4.02. The van der Waals surface area contributed by atoms with Gasteiger partial charge in [-0.3, -0.25) is 4.57 Å². The lowest BCUT2D eigenvalue weighted by molar-refractivity contribution is 0.877. The highest BCUT2D eigenvalue weighted by molar-refractivity contribution is 5.57. The van der Waals surface area contributed by atoms with Gasteiger partial charge in [0.2, 0.25) is 0 Å². The molecule has 0 aromatic carbocycles. The first-order valence-electron chi connectivity index (χ1n) is 5.40. The molecular formula is C12H16N4. The average Bonchev–Trinajstić information content (AvgIpc) is 2.64. The Bertz CT molecular complexity index is 473. The minimum atomic E-state index is 0.381. The molecule has 2 aromatic rings. The number of rotatable bonds is 3. The second-order valence-corrected chi connectivity index (χ2v) is 4.02. The van der Waals surface area contributed by atoms with Crippen LogP contribution in [0, 0.1) is 6.92 Å². The van der Waals surface area contributed by atoms with Crippen LogP contribution in [0.4, 0.5) is 5.69 Å². The zero-order chi connectivity index (χ0) is 11.5. The lowest BCUT2D eigenvalue weighted by Gasteiger charge is -2.14. The number of nitrogens with zero attached hydrogens (tertiary/aromatic N) is 3. The summed E-state index contributed by atoms with van der Waals surface area (Å²) in [7, 11) is 0. The molecule has 2 heterocycles. The van der Waals surface area contributed by atoms with Crippen LogP contribution in [-0.4, -0.2) is 20.6 Å². The summed E-state index contributed by atoms with van der Waals surface area (Å²) in [6, 6.07) is 4.34. The van der Waals surface area contributed by atoms with Crippen LogP contribution in [0.3, 0.4) is 0 Å². The van der Waals surface area contributed by atoms with E-state index >= 15 is 0 Å². The van der Waals surface area contributed by atoms with E-state index in [1.54, 1.807) is 12.4 Å². The van der Waals surface area contributed by atoms with Gasteiger partial charge in [-0.15, -0.1) is 0 Å². The summed E-state index contributed by atoms with van der Waals surface area (Å²) in [4.78, 5) is 8.60. The van der Waals surface area contributed by atoms with Gasteiger partial charge in [0, 0.05) is 24.6 Å². The fraction of sp³-hybridized carbons (Fsp3) is 0.333. The molecule has 0 saturated heterocycles. The van der Waals surface area contributed by atoms with Crippen molar-refractivity contribution < 1.29 is 0 Å². The predicted molar refractivity (Wildman–Crippen MR) is 64.9 cm³/mol. The molecule has 0 atom stereocenters. The van der Waals surface area contributed by atoms with Crippen LogP contribution in [-0.2, 0) is 0 Å². The highest BCUT2D eigenvalue weighted by Crippen LogP contribution is 2.18. The first kappa shape index (κ1) is 10.7. The summed E-state index contributed by atoms with van der Waals surface area (Å²) in [6.07, 6.45) is 5.49. The molecule has 0 saturated carbocycles. The van der Waals surface area contributed by atoms with Crippen molar-refractivity contribution in [3.63, 3.8) is 0 Å². The molecule has 0 bridgehead atoms. The van der Waals surface area contributed by atoms with Crippen molar-refractivity contribution in [3.05, 3.63) is 36.5 Å². The van der Waals surface area contributed by atoms with E-state index in [-0.39, 0.29) is 0 Å². The molecule has 0 unspecified atom stereocenters. The molecule has 0 amide bonds. The van der Waals surface area contributed by atoms with Crippen molar-refractivity contribution in [2.75, 3.05) is 5.32 Å². The maximum atomic E-state index is 4.40. The van der Waals surface area contributed by atoms with E-state index in [1.807, 2.05) is 29.8 Å². The summed E-state index contributed by atoms with van der Waals surface area (Å²) >= 11 is 0. The summed E-state index contributed by atoms with van der Waals surface area (Å²) < 4.78 is 1.98. The Morgan fingerprint density at radius 3 is 2.69 bits per heavy atom. The van der Waals surface area contributed by atoms with E-state index in [1.165, 1.54) is 0 Å². The zero-order valence-corrected chi connectivity index (χ0v) is 9.81. The van der Waals surface area contributed by atoms with Crippen molar-refractivity contribution in [1.29, 1.82) is 0 Å². The lowest BCUT2D eigenvalue weighted by Crippen LogP contribution is -2.13. The minimum Gasteiger partial charge on any atom is -0.380 e. The van der Waals surface area contributed by atoms with Gasteiger partial charge in [0.25, 0.3) is 0 Å². The Hall–Kier alpha value is -1.84. The fourth-order valence-electron chi connectivity index (χ4n) is 1.61. The third kappa shape index (κ3) is 2.05. The standard InChI is InChI=1S/C12H16N4/c1-9(2)15-11-5-4-6-14-12(11)16-8-7-13-10(16)3/h4-9,15H,1-3H3. The van der Waals surface area contributed by atoms with Crippen LogP contribution in [0.25, 0.3) is 5.82 Å². The lowest BCUT2D eigenvalue weighted by atomic mass is 10.3. The van der Waals surface area contributed by atoms with E-state index in [2.05, 4.69) is 29.1 Å². The van der Waals surface area contributed by atoms with Gasteiger partial charge >= 0.3 is 0 Å². The minimum absolute atomic E-state index is 0.381. The number of hydrogen-bond donors (Lipinski definition) is 1. The second kappa shape index (κ2) is 4.35. The number of imidazole rings is 1.